The average Bonchev–Trinajstić information content (AvgIpc) is 2.29. The number of nitrogens with two attached hydrogens (primary N) is 1. The van der Waals surface area contributed by atoms with Crippen LogP contribution in [0.15, 0.2) is 24.3 Å². The van der Waals surface area contributed by atoms with Crippen molar-refractivity contribution in [1.82, 2.24) is 5.43 Å². The second-order valence-electron chi connectivity index (χ2n) is 5.14. The topological polar surface area (TPSA) is 72.2 Å². The minimum atomic E-state index is -3.06. The highest BCUT2D eigenvalue weighted by Crippen LogP contribution is 2.38. The van der Waals surface area contributed by atoms with Crippen LogP contribution in [-0.4, -0.2) is 26.0 Å². The fourth-order valence-electron chi connectivity index (χ4n) is 2.57. The van der Waals surface area contributed by atoms with Crippen LogP contribution in [0.25, 0.3) is 0 Å². The first-order valence-corrected chi connectivity index (χ1v) is 8.11. The maximum absolute atomic E-state index is 11.6. The van der Waals surface area contributed by atoms with Gasteiger partial charge >= 0.3 is 0 Å². The first-order chi connectivity index (χ1) is 8.43. The zero-order chi connectivity index (χ0) is 13.3. The van der Waals surface area contributed by atoms with Crippen molar-refractivity contribution in [1.29, 1.82) is 0 Å². The van der Waals surface area contributed by atoms with Gasteiger partial charge in [-0.3, -0.25) is 11.3 Å². The van der Waals surface area contributed by atoms with E-state index in [2.05, 4.69) is 17.6 Å². The Hall–Kier alpha value is -0.910. The highest BCUT2D eigenvalue weighted by Gasteiger charge is 2.32. The fourth-order valence-corrected chi connectivity index (χ4v) is 3.36. The molecular formula is C13H20N2O2S. The smallest absolute Gasteiger partial charge is 0.151 e. The minimum Gasteiger partial charge on any atom is -0.271 e. The number of fused-ring (bicyclic) bond motifs is 1. The van der Waals surface area contributed by atoms with Crippen LogP contribution < -0.4 is 11.3 Å². The number of sulfone groups is 1. The fraction of sp³-hybridized carbons (Fsp3) is 0.538. The van der Waals surface area contributed by atoms with Gasteiger partial charge < -0.3 is 0 Å². The van der Waals surface area contributed by atoms with Crippen molar-refractivity contribution in [2.75, 3.05) is 6.26 Å². The summed E-state index contributed by atoms with van der Waals surface area (Å²) in [5.41, 5.74) is 5.36. The monoisotopic (exact) mass is 268 g/mol. The summed E-state index contributed by atoms with van der Waals surface area (Å²) in [5.74, 6) is 5.93. The molecule has 1 aromatic carbocycles. The summed E-state index contributed by atoms with van der Waals surface area (Å²) in [7, 11) is -3.06. The Labute approximate surface area is 108 Å². The van der Waals surface area contributed by atoms with Gasteiger partial charge in [-0.05, 0) is 36.8 Å². The highest BCUT2D eigenvalue weighted by atomic mass is 32.2. The van der Waals surface area contributed by atoms with E-state index in [1.807, 2.05) is 12.1 Å². The molecule has 0 radical (unpaired) electrons. The zero-order valence-corrected chi connectivity index (χ0v) is 11.6. The standard InChI is InChI=1S/C13H20N2O2S/c1-9(18(2,16)17)13(15-14)8-11-7-10-5-3-4-6-12(10)11/h3-6,9,11,13,15H,7-8,14H2,1-2H3. The van der Waals surface area contributed by atoms with E-state index in [0.717, 1.165) is 12.8 Å². The van der Waals surface area contributed by atoms with E-state index in [4.69, 9.17) is 5.84 Å². The third-order valence-electron chi connectivity index (χ3n) is 3.96. The summed E-state index contributed by atoms with van der Waals surface area (Å²) < 4.78 is 23.1. The van der Waals surface area contributed by atoms with E-state index in [9.17, 15) is 8.42 Å². The molecule has 3 atom stereocenters. The van der Waals surface area contributed by atoms with Crippen LogP contribution >= 0.6 is 0 Å². The molecular weight excluding hydrogens is 248 g/mol. The van der Waals surface area contributed by atoms with Gasteiger partial charge in [-0.15, -0.1) is 0 Å². The van der Waals surface area contributed by atoms with E-state index in [0.29, 0.717) is 5.92 Å². The van der Waals surface area contributed by atoms with Crippen LogP contribution in [0.2, 0.25) is 0 Å². The van der Waals surface area contributed by atoms with Crippen molar-refractivity contribution in [2.24, 2.45) is 5.84 Å². The second kappa shape index (κ2) is 4.99. The van der Waals surface area contributed by atoms with Gasteiger partial charge in [0, 0.05) is 12.3 Å². The van der Waals surface area contributed by atoms with Crippen molar-refractivity contribution in [2.45, 2.75) is 37.0 Å². The van der Waals surface area contributed by atoms with Crippen LogP contribution in [0.1, 0.15) is 30.4 Å². The van der Waals surface area contributed by atoms with Gasteiger partial charge in [-0.2, -0.15) is 0 Å². The zero-order valence-electron chi connectivity index (χ0n) is 10.8. The van der Waals surface area contributed by atoms with Gasteiger partial charge in [0.15, 0.2) is 9.84 Å². The lowest BCUT2D eigenvalue weighted by Gasteiger charge is -2.34. The molecule has 1 aromatic rings. The van der Waals surface area contributed by atoms with Crippen molar-refractivity contribution in [3.05, 3.63) is 35.4 Å². The van der Waals surface area contributed by atoms with Crippen molar-refractivity contribution >= 4 is 9.84 Å². The number of benzene rings is 1. The predicted molar refractivity (Wildman–Crippen MR) is 72.9 cm³/mol. The molecule has 2 rings (SSSR count). The lowest BCUT2D eigenvalue weighted by atomic mass is 9.74. The molecule has 0 bridgehead atoms. The molecule has 3 N–H and O–H groups in total. The van der Waals surface area contributed by atoms with E-state index in [1.165, 1.54) is 17.4 Å². The molecule has 0 spiro atoms. The van der Waals surface area contributed by atoms with Crippen LogP contribution in [0, 0.1) is 0 Å². The van der Waals surface area contributed by atoms with Gasteiger partial charge in [0.05, 0.1) is 5.25 Å². The lowest BCUT2D eigenvalue weighted by Crippen LogP contribution is -2.47. The maximum Gasteiger partial charge on any atom is 0.151 e. The third-order valence-corrected chi connectivity index (χ3v) is 5.63. The molecule has 0 amide bonds. The van der Waals surface area contributed by atoms with Gasteiger partial charge in [0.2, 0.25) is 0 Å². The molecule has 100 valence electrons. The molecule has 5 heteroatoms. The van der Waals surface area contributed by atoms with Crippen LogP contribution in [0.4, 0.5) is 0 Å². The minimum absolute atomic E-state index is 0.196. The molecule has 0 heterocycles. The summed E-state index contributed by atoms with van der Waals surface area (Å²) in [6, 6.07) is 8.10. The Kier molecular flexibility index (Phi) is 3.75. The van der Waals surface area contributed by atoms with E-state index < -0.39 is 15.1 Å². The molecule has 1 aliphatic rings. The van der Waals surface area contributed by atoms with Crippen molar-refractivity contribution in [3.8, 4) is 0 Å². The summed E-state index contributed by atoms with van der Waals surface area (Å²) in [5, 5.41) is -0.463. The Morgan fingerprint density at radius 3 is 2.67 bits per heavy atom. The van der Waals surface area contributed by atoms with Gasteiger partial charge in [-0.25, -0.2) is 8.42 Å². The van der Waals surface area contributed by atoms with Crippen molar-refractivity contribution in [3.63, 3.8) is 0 Å². The number of hydrogen-bond donors (Lipinski definition) is 2. The number of hydrazine groups is 1. The van der Waals surface area contributed by atoms with Gasteiger partial charge in [0.25, 0.3) is 0 Å². The van der Waals surface area contributed by atoms with E-state index in [-0.39, 0.29) is 6.04 Å². The Morgan fingerprint density at radius 2 is 2.11 bits per heavy atom. The molecule has 0 saturated heterocycles. The second-order valence-corrected chi connectivity index (χ2v) is 7.55. The maximum atomic E-state index is 11.6. The summed E-state index contributed by atoms with van der Waals surface area (Å²) in [6.45, 7) is 1.71. The summed E-state index contributed by atoms with van der Waals surface area (Å²) in [6.07, 6.45) is 3.04. The van der Waals surface area contributed by atoms with Gasteiger partial charge in [0.1, 0.15) is 0 Å². The van der Waals surface area contributed by atoms with Crippen LogP contribution in [-0.2, 0) is 16.3 Å². The first-order valence-electron chi connectivity index (χ1n) is 6.16. The average molecular weight is 268 g/mol. The number of nitrogens with one attached hydrogen (secondary N) is 1. The Morgan fingerprint density at radius 1 is 1.44 bits per heavy atom. The van der Waals surface area contributed by atoms with Gasteiger partial charge in [-0.1, -0.05) is 24.3 Å². The Bertz CT molecular complexity index is 528. The molecule has 1 aliphatic carbocycles. The van der Waals surface area contributed by atoms with E-state index in [1.54, 1.807) is 6.92 Å². The van der Waals surface area contributed by atoms with Crippen LogP contribution in [0.5, 0.6) is 0 Å². The molecule has 0 aromatic heterocycles. The summed E-state index contributed by atoms with van der Waals surface area (Å²) >= 11 is 0. The predicted octanol–water partition coefficient (Wildman–Crippen LogP) is 0.981. The summed E-state index contributed by atoms with van der Waals surface area (Å²) in [4.78, 5) is 0. The molecule has 18 heavy (non-hydrogen) atoms. The highest BCUT2D eigenvalue weighted by molar-refractivity contribution is 7.91. The molecule has 0 aliphatic heterocycles. The SMILES string of the molecule is CC(C(CC1Cc2ccccc21)NN)S(C)(=O)=O. The molecule has 3 unspecified atom stereocenters. The quantitative estimate of drug-likeness (QED) is 0.617. The third kappa shape index (κ3) is 2.58. The largest absolute Gasteiger partial charge is 0.271 e. The molecule has 0 saturated carbocycles. The van der Waals surface area contributed by atoms with E-state index >= 15 is 0 Å². The lowest BCUT2D eigenvalue weighted by molar-refractivity contribution is 0.412. The van der Waals surface area contributed by atoms with Crippen LogP contribution in [0.3, 0.4) is 0 Å². The molecule has 4 nitrogen and oxygen atoms in total. The molecule has 0 fully saturated rings. The number of rotatable bonds is 5. The first kappa shape index (κ1) is 13.5. The van der Waals surface area contributed by atoms with Crippen molar-refractivity contribution < 1.29 is 8.42 Å². The normalized spacial score (nSPS) is 21.8. The Balaban J connectivity index is 2.06. The number of hydrogen-bond acceptors (Lipinski definition) is 4.